The van der Waals surface area contributed by atoms with Crippen molar-refractivity contribution in [1.82, 2.24) is 9.62 Å². The number of sulfonamides is 1. The van der Waals surface area contributed by atoms with E-state index in [0.717, 1.165) is 22.4 Å². The largest absolute Gasteiger partial charge is 0.496 e. The number of morpholine rings is 1. The van der Waals surface area contributed by atoms with E-state index in [1.165, 1.54) is 16.4 Å². The number of rotatable bonds is 7. The molecule has 2 aromatic carbocycles. The molecule has 1 amide bonds. The first-order valence-electron chi connectivity index (χ1n) is 10.8. The van der Waals surface area contributed by atoms with E-state index in [0.29, 0.717) is 31.9 Å². The molecule has 32 heavy (non-hydrogen) atoms. The van der Waals surface area contributed by atoms with Gasteiger partial charge in [-0.2, -0.15) is 4.31 Å². The van der Waals surface area contributed by atoms with Crippen LogP contribution in [0.15, 0.2) is 41.3 Å². The molecule has 174 valence electrons. The van der Waals surface area contributed by atoms with Crippen LogP contribution in [0.25, 0.3) is 0 Å². The lowest BCUT2D eigenvalue weighted by atomic mass is 9.93. The van der Waals surface area contributed by atoms with Gasteiger partial charge < -0.3 is 14.8 Å². The van der Waals surface area contributed by atoms with Crippen LogP contribution < -0.4 is 10.1 Å². The highest BCUT2D eigenvalue weighted by Gasteiger charge is 2.26. The summed E-state index contributed by atoms with van der Waals surface area (Å²) in [5.41, 5.74) is 3.56. The van der Waals surface area contributed by atoms with E-state index in [1.54, 1.807) is 19.2 Å². The number of hydrogen-bond donors (Lipinski definition) is 1. The molecule has 0 aromatic heterocycles. The number of hydrogen-bond acceptors (Lipinski definition) is 5. The zero-order chi connectivity index (χ0) is 23.5. The third-order valence-electron chi connectivity index (χ3n) is 5.78. The highest BCUT2D eigenvalue weighted by molar-refractivity contribution is 7.89. The molecular weight excluding hydrogens is 428 g/mol. The molecule has 0 radical (unpaired) electrons. The smallest absolute Gasteiger partial charge is 0.251 e. The molecule has 1 N–H and O–H groups in total. The highest BCUT2D eigenvalue weighted by atomic mass is 32.2. The zero-order valence-electron chi connectivity index (χ0n) is 19.3. The van der Waals surface area contributed by atoms with E-state index in [4.69, 9.17) is 9.47 Å². The number of nitrogens with zero attached hydrogens (tertiary/aromatic N) is 1. The molecule has 0 spiro atoms. The summed E-state index contributed by atoms with van der Waals surface area (Å²) in [4.78, 5) is 13.0. The number of amides is 1. The fourth-order valence-corrected chi connectivity index (χ4v) is 5.29. The Morgan fingerprint density at radius 1 is 1.06 bits per heavy atom. The number of methoxy groups -OCH3 is 1. The zero-order valence-corrected chi connectivity index (χ0v) is 20.2. The minimum Gasteiger partial charge on any atom is -0.496 e. The van der Waals surface area contributed by atoms with Crippen molar-refractivity contribution in [3.63, 3.8) is 0 Å². The third kappa shape index (κ3) is 5.14. The van der Waals surface area contributed by atoms with Crippen molar-refractivity contribution >= 4 is 15.9 Å². The first kappa shape index (κ1) is 24.2. The first-order valence-corrected chi connectivity index (χ1v) is 12.3. The second kappa shape index (κ2) is 10.0. The fraction of sp³-hybridized carbons (Fsp3) is 0.458. The summed E-state index contributed by atoms with van der Waals surface area (Å²) in [5, 5.41) is 3.02. The molecule has 3 rings (SSSR count). The van der Waals surface area contributed by atoms with E-state index >= 15 is 0 Å². The Bertz CT molecular complexity index is 1060. The summed E-state index contributed by atoms with van der Waals surface area (Å²) >= 11 is 0. The summed E-state index contributed by atoms with van der Waals surface area (Å²) in [7, 11) is -1.92. The second-order valence-corrected chi connectivity index (χ2v) is 10.3. The third-order valence-corrected chi connectivity index (χ3v) is 7.69. The van der Waals surface area contributed by atoms with Gasteiger partial charge in [0.1, 0.15) is 5.75 Å². The molecule has 0 saturated carbocycles. The van der Waals surface area contributed by atoms with Gasteiger partial charge in [0.15, 0.2) is 0 Å². The Morgan fingerprint density at radius 3 is 2.25 bits per heavy atom. The lowest BCUT2D eigenvalue weighted by Gasteiger charge is -2.26. The van der Waals surface area contributed by atoms with Gasteiger partial charge in [-0.3, -0.25) is 4.79 Å². The van der Waals surface area contributed by atoms with Gasteiger partial charge in [0, 0.05) is 18.7 Å². The molecule has 1 atom stereocenters. The Kier molecular flexibility index (Phi) is 7.59. The highest BCUT2D eigenvalue weighted by Crippen LogP contribution is 2.32. The van der Waals surface area contributed by atoms with Crippen molar-refractivity contribution in [3.8, 4) is 5.75 Å². The Morgan fingerprint density at radius 2 is 1.69 bits per heavy atom. The van der Waals surface area contributed by atoms with E-state index in [-0.39, 0.29) is 22.8 Å². The van der Waals surface area contributed by atoms with Gasteiger partial charge in [-0.15, -0.1) is 0 Å². The van der Waals surface area contributed by atoms with Crippen LogP contribution in [0.5, 0.6) is 5.75 Å². The molecular formula is C24H32N2O5S. The summed E-state index contributed by atoms with van der Waals surface area (Å²) < 4.78 is 37.7. The Hall–Kier alpha value is -2.42. The van der Waals surface area contributed by atoms with Gasteiger partial charge in [0.05, 0.1) is 31.3 Å². The van der Waals surface area contributed by atoms with Crippen LogP contribution in [-0.4, -0.2) is 52.0 Å². The van der Waals surface area contributed by atoms with Gasteiger partial charge in [-0.1, -0.05) is 13.8 Å². The van der Waals surface area contributed by atoms with E-state index < -0.39 is 10.0 Å². The number of nitrogens with one attached hydrogen (secondary N) is 1. The SMILES string of the molecule is COc1cc(C)c(C(C)NC(=O)c2ccc(S(=O)(=O)N3CCOCC3)cc2)cc1C(C)C. The Balaban J connectivity index is 1.75. The molecule has 1 saturated heterocycles. The molecule has 1 aliphatic rings. The maximum atomic E-state index is 12.8. The topological polar surface area (TPSA) is 84.9 Å². The van der Waals surface area contributed by atoms with Crippen LogP contribution in [0.2, 0.25) is 0 Å². The first-order chi connectivity index (χ1) is 15.1. The van der Waals surface area contributed by atoms with Gasteiger partial charge in [-0.25, -0.2) is 8.42 Å². The predicted octanol–water partition coefficient (Wildman–Crippen LogP) is 3.64. The lowest BCUT2D eigenvalue weighted by molar-refractivity contribution is 0.0730. The summed E-state index contributed by atoms with van der Waals surface area (Å²) in [6.07, 6.45) is 0. The van der Waals surface area contributed by atoms with Crippen molar-refractivity contribution in [1.29, 1.82) is 0 Å². The molecule has 1 unspecified atom stereocenters. The number of ether oxygens (including phenoxy) is 2. The van der Waals surface area contributed by atoms with Crippen molar-refractivity contribution in [2.24, 2.45) is 0 Å². The maximum Gasteiger partial charge on any atom is 0.251 e. The van der Waals surface area contributed by atoms with Gasteiger partial charge in [0.25, 0.3) is 5.91 Å². The Labute approximate surface area is 190 Å². The van der Waals surface area contributed by atoms with E-state index in [2.05, 4.69) is 25.2 Å². The number of carbonyl (C=O) groups excluding carboxylic acids is 1. The van der Waals surface area contributed by atoms with E-state index in [1.807, 2.05) is 19.9 Å². The predicted molar refractivity (Wildman–Crippen MR) is 124 cm³/mol. The minimum absolute atomic E-state index is 0.177. The van der Waals surface area contributed by atoms with Gasteiger partial charge in [0.2, 0.25) is 10.0 Å². The van der Waals surface area contributed by atoms with Crippen molar-refractivity contribution in [2.45, 2.75) is 44.6 Å². The maximum absolute atomic E-state index is 12.8. The van der Waals surface area contributed by atoms with Gasteiger partial charge in [-0.05, 0) is 72.9 Å². The summed E-state index contributed by atoms with van der Waals surface area (Å²) in [6, 6.07) is 9.94. The van der Waals surface area contributed by atoms with Crippen molar-refractivity contribution < 1.29 is 22.7 Å². The van der Waals surface area contributed by atoms with Crippen LogP contribution >= 0.6 is 0 Å². The van der Waals surface area contributed by atoms with Gasteiger partial charge >= 0.3 is 0 Å². The molecule has 0 aliphatic carbocycles. The minimum atomic E-state index is -3.59. The van der Waals surface area contributed by atoms with Crippen LogP contribution in [0.3, 0.4) is 0 Å². The second-order valence-electron chi connectivity index (χ2n) is 8.34. The van der Waals surface area contributed by atoms with Crippen LogP contribution in [0.1, 0.15) is 59.8 Å². The quantitative estimate of drug-likeness (QED) is 0.682. The average Bonchev–Trinajstić information content (AvgIpc) is 2.79. The fourth-order valence-electron chi connectivity index (χ4n) is 3.88. The number of benzene rings is 2. The molecule has 8 heteroatoms. The van der Waals surface area contributed by atoms with Crippen LogP contribution in [-0.2, 0) is 14.8 Å². The number of carbonyl (C=O) groups is 1. The van der Waals surface area contributed by atoms with E-state index in [9.17, 15) is 13.2 Å². The van der Waals surface area contributed by atoms with Crippen LogP contribution in [0, 0.1) is 6.92 Å². The monoisotopic (exact) mass is 460 g/mol. The summed E-state index contributed by atoms with van der Waals surface area (Å²) in [6.45, 7) is 9.59. The normalized spacial score (nSPS) is 16.1. The summed E-state index contributed by atoms with van der Waals surface area (Å²) in [5.74, 6) is 0.874. The molecule has 1 heterocycles. The lowest BCUT2D eigenvalue weighted by Crippen LogP contribution is -2.40. The molecule has 1 fully saturated rings. The molecule has 0 bridgehead atoms. The molecule has 7 nitrogen and oxygen atoms in total. The number of aryl methyl sites for hydroxylation is 1. The average molecular weight is 461 g/mol. The van der Waals surface area contributed by atoms with Crippen molar-refractivity contribution in [2.75, 3.05) is 33.4 Å². The van der Waals surface area contributed by atoms with Crippen molar-refractivity contribution in [3.05, 3.63) is 58.7 Å². The van der Waals surface area contributed by atoms with Crippen LogP contribution in [0.4, 0.5) is 0 Å². The molecule has 2 aromatic rings. The standard InChI is InChI=1S/C24H32N2O5S/c1-16(2)21-15-22(17(3)14-23(21)30-5)18(4)25-24(27)19-6-8-20(9-7-19)32(28,29)26-10-12-31-13-11-26/h6-9,14-16,18H,10-13H2,1-5H3,(H,25,27). The molecule has 1 aliphatic heterocycles.